The van der Waals surface area contributed by atoms with Crippen molar-refractivity contribution in [3.63, 3.8) is 0 Å². The zero-order valence-corrected chi connectivity index (χ0v) is 12.1. The van der Waals surface area contributed by atoms with Crippen molar-refractivity contribution in [1.29, 1.82) is 0 Å². The molecule has 0 heterocycles. The van der Waals surface area contributed by atoms with Crippen LogP contribution in [0, 0.1) is 0 Å². The number of carbonyl (C=O) groups is 1. The molecule has 0 aliphatic heterocycles. The number of carbonyl (C=O) groups excluding carboxylic acids is 1. The van der Waals surface area contributed by atoms with E-state index in [2.05, 4.69) is 10.1 Å². The highest BCUT2D eigenvalue weighted by molar-refractivity contribution is 6.31. The maximum atomic E-state index is 12.3. The summed E-state index contributed by atoms with van der Waals surface area (Å²) < 4.78 is 33.9. The summed E-state index contributed by atoms with van der Waals surface area (Å²) in [5.41, 5.74) is -0.382. The minimum absolute atomic E-state index is 0.0728. The van der Waals surface area contributed by atoms with E-state index in [0.717, 1.165) is 0 Å². The van der Waals surface area contributed by atoms with E-state index in [4.69, 9.17) is 16.3 Å². The average molecular weight is 308 g/mol. The standard InChI is InChI=1S/C13H16ClF2NO3/c1-13(2,3)20-12(18)17-7-8-9(14)5-4-6-10(8)19-11(15)16/h4-6,11H,7H2,1-3H3,(H,17,18). The van der Waals surface area contributed by atoms with E-state index in [-0.39, 0.29) is 22.9 Å². The Morgan fingerprint density at radius 3 is 2.60 bits per heavy atom. The highest BCUT2D eigenvalue weighted by Crippen LogP contribution is 2.27. The fourth-order valence-corrected chi connectivity index (χ4v) is 1.62. The second kappa shape index (κ2) is 6.74. The van der Waals surface area contributed by atoms with Gasteiger partial charge in [-0.15, -0.1) is 0 Å². The molecule has 0 saturated heterocycles. The zero-order valence-electron chi connectivity index (χ0n) is 11.4. The highest BCUT2D eigenvalue weighted by Gasteiger charge is 2.18. The van der Waals surface area contributed by atoms with Gasteiger partial charge in [0, 0.05) is 10.6 Å². The van der Waals surface area contributed by atoms with Crippen LogP contribution >= 0.6 is 11.6 Å². The fraction of sp³-hybridized carbons (Fsp3) is 0.462. The van der Waals surface area contributed by atoms with Crippen molar-refractivity contribution in [2.75, 3.05) is 0 Å². The molecule has 1 amide bonds. The maximum Gasteiger partial charge on any atom is 0.407 e. The van der Waals surface area contributed by atoms with Gasteiger partial charge in [-0.3, -0.25) is 0 Å². The van der Waals surface area contributed by atoms with Crippen molar-refractivity contribution in [3.05, 3.63) is 28.8 Å². The topological polar surface area (TPSA) is 47.6 Å². The summed E-state index contributed by atoms with van der Waals surface area (Å²) in [4.78, 5) is 11.5. The first-order valence-electron chi connectivity index (χ1n) is 5.88. The predicted molar refractivity (Wildman–Crippen MR) is 71.2 cm³/mol. The molecule has 0 saturated carbocycles. The molecule has 0 fully saturated rings. The number of rotatable bonds is 4. The van der Waals surface area contributed by atoms with Crippen LogP contribution < -0.4 is 10.1 Å². The van der Waals surface area contributed by atoms with Crippen molar-refractivity contribution in [2.24, 2.45) is 0 Å². The molecule has 1 N–H and O–H groups in total. The van der Waals surface area contributed by atoms with Crippen molar-refractivity contribution >= 4 is 17.7 Å². The molecule has 0 atom stereocenters. The van der Waals surface area contributed by atoms with Crippen LogP contribution in [0.5, 0.6) is 5.75 Å². The molecule has 0 spiro atoms. The SMILES string of the molecule is CC(C)(C)OC(=O)NCc1c(Cl)cccc1OC(F)F. The van der Waals surface area contributed by atoms with Crippen molar-refractivity contribution in [1.82, 2.24) is 5.32 Å². The summed E-state index contributed by atoms with van der Waals surface area (Å²) >= 11 is 5.91. The third kappa shape index (κ3) is 5.61. The van der Waals surface area contributed by atoms with Crippen molar-refractivity contribution in [3.8, 4) is 5.75 Å². The lowest BCUT2D eigenvalue weighted by Gasteiger charge is -2.20. The van der Waals surface area contributed by atoms with Crippen LogP contribution in [0.1, 0.15) is 26.3 Å². The second-order valence-corrected chi connectivity index (χ2v) is 5.36. The molecule has 4 nitrogen and oxygen atoms in total. The highest BCUT2D eigenvalue weighted by atomic mass is 35.5. The van der Waals surface area contributed by atoms with Gasteiger partial charge in [-0.2, -0.15) is 8.78 Å². The quantitative estimate of drug-likeness (QED) is 0.915. The molecule has 0 aliphatic carbocycles. The molecule has 0 aliphatic rings. The van der Waals surface area contributed by atoms with Crippen LogP contribution in [0.15, 0.2) is 18.2 Å². The van der Waals surface area contributed by atoms with Gasteiger partial charge in [0.1, 0.15) is 11.4 Å². The van der Waals surface area contributed by atoms with Gasteiger partial charge in [0.2, 0.25) is 0 Å². The minimum atomic E-state index is -2.96. The number of hydrogen-bond acceptors (Lipinski definition) is 3. The molecule has 7 heteroatoms. The molecule has 0 bridgehead atoms. The summed E-state index contributed by atoms with van der Waals surface area (Å²) in [5, 5.41) is 2.66. The van der Waals surface area contributed by atoms with E-state index in [1.807, 2.05) is 0 Å². The summed E-state index contributed by atoms with van der Waals surface area (Å²) in [6.07, 6.45) is -0.666. The van der Waals surface area contributed by atoms with E-state index in [0.29, 0.717) is 0 Å². The number of alkyl carbamates (subject to hydrolysis) is 1. The van der Waals surface area contributed by atoms with Crippen molar-refractivity contribution < 1.29 is 23.0 Å². The average Bonchev–Trinajstić information content (AvgIpc) is 2.24. The molecule has 1 aromatic carbocycles. The van der Waals surface area contributed by atoms with Gasteiger partial charge in [-0.1, -0.05) is 17.7 Å². The van der Waals surface area contributed by atoms with E-state index in [1.165, 1.54) is 18.2 Å². The normalized spacial score (nSPS) is 11.3. The first-order valence-corrected chi connectivity index (χ1v) is 6.26. The Morgan fingerprint density at radius 1 is 1.40 bits per heavy atom. The Labute approximate surface area is 121 Å². The van der Waals surface area contributed by atoms with E-state index in [9.17, 15) is 13.6 Å². The van der Waals surface area contributed by atoms with Crippen molar-refractivity contribution in [2.45, 2.75) is 39.5 Å². The Morgan fingerprint density at radius 2 is 2.05 bits per heavy atom. The maximum absolute atomic E-state index is 12.3. The summed E-state index contributed by atoms with van der Waals surface area (Å²) in [5.74, 6) is -0.0800. The largest absolute Gasteiger partial charge is 0.444 e. The molecule has 1 aromatic rings. The fourth-order valence-electron chi connectivity index (χ4n) is 1.39. The molecule has 0 unspecified atom stereocenters. The summed E-state index contributed by atoms with van der Waals surface area (Å²) in [6, 6.07) is 4.35. The Bertz CT molecular complexity index is 475. The van der Waals surface area contributed by atoms with Crippen LogP contribution in [0.3, 0.4) is 0 Å². The number of alkyl halides is 2. The summed E-state index contributed by atoms with van der Waals surface area (Å²) in [6.45, 7) is 2.11. The molecule has 0 aromatic heterocycles. The second-order valence-electron chi connectivity index (χ2n) is 4.95. The van der Waals surface area contributed by atoms with Crippen LogP contribution in [0.2, 0.25) is 5.02 Å². The van der Waals surface area contributed by atoms with Gasteiger partial charge < -0.3 is 14.8 Å². The van der Waals surface area contributed by atoms with E-state index >= 15 is 0 Å². The van der Waals surface area contributed by atoms with Gasteiger partial charge in [0.25, 0.3) is 0 Å². The number of halogens is 3. The van der Waals surface area contributed by atoms with Gasteiger partial charge in [0.05, 0.1) is 6.54 Å². The third-order valence-electron chi connectivity index (χ3n) is 2.10. The third-order valence-corrected chi connectivity index (χ3v) is 2.45. The van der Waals surface area contributed by atoms with Gasteiger partial charge in [-0.05, 0) is 32.9 Å². The van der Waals surface area contributed by atoms with Gasteiger partial charge in [0.15, 0.2) is 0 Å². The number of ether oxygens (including phenoxy) is 2. The predicted octanol–water partition coefficient (Wildman–Crippen LogP) is 3.97. The smallest absolute Gasteiger partial charge is 0.407 e. The summed E-state index contributed by atoms with van der Waals surface area (Å²) in [7, 11) is 0. The monoisotopic (exact) mass is 307 g/mol. The lowest BCUT2D eigenvalue weighted by Crippen LogP contribution is -2.32. The first kappa shape index (κ1) is 16.5. The molecular weight excluding hydrogens is 292 g/mol. The molecule has 1 rings (SSSR count). The van der Waals surface area contributed by atoms with Crippen LogP contribution in [-0.2, 0) is 11.3 Å². The first-order chi connectivity index (χ1) is 9.19. The number of hydrogen-bond donors (Lipinski definition) is 1. The van der Waals surface area contributed by atoms with Crippen LogP contribution in [-0.4, -0.2) is 18.3 Å². The molecule has 20 heavy (non-hydrogen) atoms. The Kier molecular flexibility index (Phi) is 5.56. The van der Waals surface area contributed by atoms with E-state index < -0.39 is 18.3 Å². The van der Waals surface area contributed by atoms with Crippen LogP contribution in [0.25, 0.3) is 0 Å². The van der Waals surface area contributed by atoms with Crippen LogP contribution in [0.4, 0.5) is 13.6 Å². The Balaban J connectivity index is 2.74. The lowest BCUT2D eigenvalue weighted by atomic mass is 10.2. The molecule has 112 valence electrons. The number of amides is 1. The van der Waals surface area contributed by atoms with Gasteiger partial charge in [-0.25, -0.2) is 4.79 Å². The molecular formula is C13H16ClF2NO3. The minimum Gasteiger partial charge on any atom is -0.444 e. The van der Waals surface area contributed by atoms with E-state index in [1.54, 1.807) is 20.8 Å². The zero-order chi connectivity index (χ0) is 15.3. The number of benzene rings is 1. The number of nitrogens with one attached hydrogen (secondary N) is 1. The van der Waals surface area contributed by atoms with Gasteiger partial charge >= 0.3 is 12.7 Å². The molecule has 0 radical (unpaired) electrons. The Hall–Kier alpha value is -1.56. The lowest BCUT2D eigenvalue weighted by molar-refractivity contribution is -0.0504.